The first-order valence-corrected chi connectivity index (χ1v) is 10.6. The maximum absolute atomic E-state index is 12.9. The predicted molar refractivity (Wildman–Crippen MR) is 119 cm³/mol. The zero-order chi connectivity index (χ0) is 27.4. The minimum atomic E-state index is -1.82. The normalized spacial score (nSPS) is 13.9. The van der Waals surface area contributed by atoms with Gasteiger partial charge in [0.25, 0.3) is 0 Å². The average Bonchev–Trinajstić information content (AvgIpc) is 2.80. The van der Waals surface area contributed by atoms with Gasteiger partial charge in [-0.25, -0.2) is 4.79 Å². The van der Waals surface area contributed by atoms with Crippen molar-refractivity contribution >= 4 is 35.6 Å². The second-order valence-corrected chi connectivity index (χ2v) is 7.71. The SMILES string of the molecule is NC(CO)C(=O)NC(CCC(=O)O)C(=O)NC(Cc1ccc(O)cc1)C(=O)NC(CC(=O)O)C(=O)O. The molecule has 0 aliphatic rings. The van der Waals surface area contributed by atoms with Crippen molar-refractivity contribution in [3.8, 4) is 5.75 Å². The third-order valence-electron chi connectivity index (χ3n) is 4.82. The van der Waals surface area contributed by atoms with Crippen LogP contribution in [-0.4, -0.2) is 91.9 Å². The van der Waals surface area contributed by atoms with Crippen molar-refractivity contribution in [3.05, 3.63) is 29.8 Å². The summed E-state index contributed by atoms with van der Waals surface area (Å²) in [4.78, 5) is 71.1. The molecule has 0 saturated heterocycles. The van der Waals surface area contributed by atoms with Gasteiger partial charge < -0.3 is 47.2 Å². The Labute approximate surface area is 204 Å². The van der Waals surface area contributed by atoms with Gasteiger partial charge in [-0.2, -0.15) is 0 Å². The molecule has 0 spiro atoms. The molecule has 10 N–H and O–H groups in total. The van der Waals surface area contributed by atoms with Crippen LogP contribution in [0.3, 0.4) is 0 Å². The molecule has 0 radical (unpaired) electrons. The lowest BCUT2D eigenvalue weighted by Crippen LogP contribution is -2.58. The molecular formula is C21H28N4O11. The Bertz CT molecular complexity index is 967. The molecule has 1 aromatic rings. The first-order valence-electron chi connectivity index (χ1n) is 10.6. The van der Waals surface area contributed by atoms with Crippen molar-refractivity contribution in [2.45, 2.75) is 49.9 Å². The van der Waals surface area contributed by atoms with Crippen LogP contribution in [0.1, 0.15) is 24.8 Å². The number of carbonyl (C=O) groups is 6. The van der Waals surface area contributed by atoms with Crippen LogP contribution in [0.2, 0.25) is 0 Å². The van der Waals surface area contributed by atoms with Gasteiger partial charge in [-0.05, 0) is 24.1 Å². The number of amides is 3. The van der Waals surface area contributed by atoms with Gasteiger partial charge in [0.05, 0.1) is 13.0 Å². The highest BCUT2D eigenvalue weighted by atomic mass is 16.4. The van der Waals surface area contributed by atoms with Gasteiger partial charge >= 0.3 is 17.9 Å². The summed E-state index contributed by atoms with van der Waals surface area (Å²) < 4.78 is 0. The molecule has 3 amide bonds. The third kappa shape index (κ3) is 10.4. The zero-order valence-corrected chi connectivity index (χ0v) is 18.9. The molecule has 1 aromatic carbocycles. The number of benzene rings is 1. The molecule has 0 aliphatic heterocycles. The van der Waals surface area contributed by atoms with E-state index in [1.165, 1.54) is 24.3 Å². The van der Waals surface area contributed by atoms with E-state index in [1.807, 2.05) is 5.32 Å². The lowest BCUT2D eigenvalue weighted by Gasteiger charge is -2.25. The summed E-state index contributed by atoms with van der Waals surface area (Å²) in [5.74, 6) is -7.56. The fourth-order valence-corrected chi connectivity index (χ4v) is 2.89. The fraction of sp³-hybridized carbons (Fsp3) is 0.429. The summed E-state index contributed by atoms with van der Waals surface area (Å²) in [7, 11) is 0. The summed E-state index contributed by atoms with van der Waals surface area (Å²) in [5.41, 5.74) is 5.82. The molecule has 1 rings (SSSR count). The molecule has 0 aromatic heterocycles. The number of phenols is 1. The van der Waals surface area contributed by atoms with E-state index in [-0.39, 0.29) is 12.2 Å². The van der Waals surface area contributed by atoms with Gasteiger partial charge in [0, 0.05) is 12.8 Å². The van der Waals surface area contributed by atoms with E-state index in [1.54, 1.807) is 0 Å². The van der Waals surface area contributed by atoms with Crippen LogP contribution in [0.4, 0.5) is 0 Å². The average molecular weight is 512 g/mol. The molecule has 0 bridgehead atoms. The lowest BCUT2D eigenvalue weighted by atomic mass is 10.0. The van der Waals surface area contributed by atoms with Gasteiger partial charge in [-0.1, -0.05) is 12.1 Å². The molecule has 4 atom stereocenters. The highest BCUT2D eigenvalue weighted by Crippen LogP contribution is 2.12. The largest absolute Gasteiger partial charge is 0.508 e. The van der Waals surface area contributed by atoms with E-state index in [9.17, 15) is 39.0 Å². The quantitative estimate of drug-likeness (QED) is 0.115. The summed E-state index contributed by atoms with van der Waals surface area (Å²) in [6, 6.07) is -0.794. The lowest BCUT2D eigenvalue weighted by molar-refractivity contribution is -0.147. The number of hydrogen-bond acceptors (Lipinski definition) is 9. The third-order valence-corrected chi connectivity index (χ3v) is 4.82. The summed E-state index contributed by atoms with van der Waals surface area (Å²) in [6.07, 6.45) is -2.15. The second-order valence-electron chi connectivity index (χ2n) is 7.71. The number of aromatic hydroxyl groups is 1. The maximum atomic E-state index is 12.9. The smallest absolute Gasteiger partial charge is 0.326 e. The van der Waals surface area contributed by atoms with E-state index in [0.717, 1.165) is 0 Å². The van der Waals surface area contributed by atoms with Gasteiger partial charge in [0.15, 0.2) is 0 Å². The van der Waals surface area contributed by atoms with Crippen LogP contribution in [-0.2, 0) is 35.2 Å². The maximum Gasteiger partial charge on any atom is 0.326 e. The van der Waals surface area contributed by atoms with Crippen LogP contribution in [0, 0.1) is 0 Å². The number of aliphatic hydroxyl groups is 1. The number of nitrogens with one attached hydrogen (secondary N) is 3. The van der Waals surface area contributed by atoms with Gasteiger partial charge in [0.1, 0.15) is 29.9 Å². The number of hydrogen-bond donors (Lipinski definition) is 9. The monoisotopic (exact) mass is 512 g/mol. The minimum Gasteiger partial charge on any atom is -0.508 e. The van der Waals surface area contributed by atoms with Crippen LogP contribution < -0.4 is 21.7 Å². The van der Waals surface area contributed by atoms with Gasteiger partial charge in [0.2, 0.25) is 17.7 Å². The number of rotatable bonds is 15. The topological polar surface area (TPSA) is 266 Å². The number of phenolic OH excluding ortho intramolecular Hbond substituents is 1. The summed E-state index contributed by atoms with van der Waals surface area (Å²) >= 11 is 0. The molecule has 0 heterocycles. The Morgan fingerprint density at radius 3 is 1.81 bits per heavy atom. The highest BCUT2D eigenvalue weighted by molar-refractivity contribution is 5.95. The Kier molecular flexibility index (Phi) is 11.8. The van der Waals surface area contributed by atoms with E-state index in [4.69, 9.17) is 21.1 Å². The van der Waals surface area contributed by atoms with Crippen molar-refractivity contribution in [1.29, 1.82) is 0 Å². The Morgan fingerprint density at radius 2 is 1.31 bits per heavy atom. The number of nitrogens with two attached hydrogens (primary N) is 1. The highest BCUT2D eigenvalue weighted by Gasteiger charge is 2.31. The molecule has 4 unspecified atom stereocenters. The molecule has 198 valence electrons. The van der Waals surface area contributed by atoms with Crippen molar-refractivity contribution in [2.75, 3.05) is 6.61 Å². The number of carboxylic acids is 3. The van der Waals surface area contributed by atoms with Crippen LogP contribution in [0.5, 0.6) is 5.75 Å². The van der Waals surface area contributed by atoms with Crippen LogP contribution in [0.25, 0.3) is 0 Å². The molecule has 0 aliphatic carbocycles. The first kappa shape index (κ1) is 29.8. The van der Waals surface area contributed by atoms with Crippen molar-refractivity contribution < 1.29 is 54.3 Å². The van der Waals surface area contributed by atoms with E-state index in [0.29, 0.717) is 5.56 Å². The summed E-state index contributed by atoms with van der Waals surface area (Å²) in [6.45, 7) is -0.759. The first-order chi connectivity index (χ1) is 16.8. The fourth-order valence-electron chi connectivity index (χ4n) is 2.89. The Morgan fingerprint density at radius 1 is 0.778 bits per heavy atom. The molecule has 15 nitrogen and oxygen atoms in total. The number of carboxylic acid groups (broad SMARTS) is 3. The van der Waals surface area contributed by atoms with E-state index >= 15 is 0 Å². The van der Waals surface area contributed by atoms with Gasteiger partial charge in [-0.15, -0.1) is 0 Å². The predicted octanol–water partition coefficient (Wildman–Crippen LogP) is -2.87. The van der Waals surface area contributed by atoms with Crippen molar-refractivity contribution in [3.63, 3.8) is 0 Å². The van der Waals surface area contributed by atoms with Crippen LogP contribution >= 0.6 is 0 Å². The Hall–Kier alpha value is -4.24. The zero-order valence-electron chi connectivity index (χ0n) is 18.9. The van der Waals surface area contributed by atoms with Gasteiger partial charge in [-0.3, -0.25) is 24.0 Å². The van der Waals surface area contributed by atoms with E-state index < -0.39 is 85.7 Å². The standard InChI is InChI=1S/C21H28N4O11/c22-12(9-26)18(32)23-13(5-6-16(28)29)19(33)24-14(7-10-1-3-11(27)4-2-10)20(34)25-15(21(35)36)8-17(30)31/h1-4,12-15,26-27H,5-9,22H2,(H,23,32)(H,24,33)(H,25,34)(H,28,29)(H,30,31)(H,35,36). The van der Waals surface area contributed by atoms with E-state index in [2.05, 4.69) is 10.6 Å². The molecule has 0 saturated carbocycles. The minimum absolute atomic E-state index is 0.0899. The van der Waals surface area contributed by atoms with Crippen LogP contribution in [0.15, 0.2) is 24.3 Å². The molecule has 0 fully saturated rings. The molecule has 15 heteroatoms. The number of aliphatic hydroxyl groups excluding tert-OH is 1. The molecule has 36 heavy (non-hydrogen) atoms. The number of carbonyl (C=O) groups excluding carboxylic acids is 3. The van der Waals surface area contributed by atoms with Crippen molar-refractivity contribution in [2.24, 2.45) is 5.73 Å². The Balaban J connectivity index is 3.18. The number of aliphatic carboxylic acids is 3. The summed E-state index contributed by atoms with van der Waals surface area (Å²) in [5, 5.41) is 52.0. The molecular weight excluding hydrogens is 484 g/mol. The van der Waals surface area contributed by atoms with Crippen molar-refractivity contribution in [1.82, 2.24) is 16.0 Å². The second kappa shape index (κ2) is 14.2.